The summed E-state index contributed by atoms with van der Waals surface area (Å²) in [5.41, 5.74) is -2.02. The van der Waals surface area contributed by atoms with Crippen LogP contribution in [0.5, 0.6) is 0 Å². The summed E-state index contributed by atoms with van der Waals surface area (Å²) < 4.78 is 79.0. The standard InChI is InChI=1S/C18H13F6N3O/c1-10(17(19,20)21)25-15-13-8-7-11(18(22,23)24)9-14(13)27(16(28)26-15)12-5-3-2-4-6-12/h2-10H,1H3,(H,25,26,28)/t10-/m0/s1. The lowest BCUT2D eigenvalue weighted by atomic mass is 10.1. The lowest BCUT2D eigenvalue weighted by Gasteiger charge is -2.20. The van der Waals surface area contributed by atoms with E-state index >= 15 is 0 Å². The van der Waals surface area contributed by atoms with Crippen LogP contribution in [0.1, 0.15) is 12.5 Å². The Bertz CT molecular complexity index is 1060. The molecule has 3 aromatic rings. The molecule has 1 heterocycles. The van der Waals surface area contributed by atoms with Crippen molar-refractivity contribution in [3.8, 4) is 5.69 Å². The van der Waals surface area contributed by atoms with Crippen LogP contribution >= 0.6 is 0 Å². The van der Waals surface area contributed by atoms with Crippen molar-refractivity contribution in [1.29, 1.82) is 0 Å². The highest BCUT2D eigenvalue weighted by Crippen LogP contribution is 2.33. The molecule has 28 heavy (non-hydrogen) atoms. The smallest absolute Gasteiger partial charge is 0.358 e. The number of fused-ring (bicyclic) bond motifs is 1. The molecule has 1 N–H and O–H groups in total. The maximum Gasteiger partial charge on any atom is 0.416 e. The molecule has 0 unspecified atom stereocenters. The van der Waals surface area contributed by atoms with Crippen molar-refractivity contribution in [3.05, 3.63) is 64.6 Å². The molecular formula is C18H13F6N3O. The number of anilines is 1. The second-order valence-electron chi connectivity index (χ2n) is 6.05. The summed E-state index contributed by atoms with van der Waals surface area (Å²) in [6.45, 7) is 0.820. The molecule has 10 heteroatoms. The number of hydrogen-bond acceptors (Lipinski definition) is 3. The highest BCUT2D eigenvalue weighted by molar-refractivity contribution is 5.91. The number of alkyl halides is 6. The molecule has 0 saturated heterocycles. The van der Waals surface area contributed by atoms with Crippen molar-refractivity contribution < 1.29 is 26.3 Å². The maximum atomic E-state index is 13.2. The number of nitrogens with zero attached hydrogens (tertiary/aromatic N) is 2. The van der Waals surface area contributed by atoms with Crippen LogP contribution in [0.2, 0.25) is 0 Å². The van der Waals surface area contributed by atoms with Gasteiger partial charge in [0.1, 0.15) is 11.9 Å². The highest BCUT2D eigenvalue weighted by atomic mass is 19.4. The molecule has 1 atom stereocenters. The van der Waals surface area contributed by atoms with Gasteiger partial charge < -0.3 is 5.32 Å². The summed E-state index contributed by atoms with van der Waals surface area (Å²) in [6.07, 6.45) is -9.32. The van der Waals surface area contributed by atoms with Crippen molar-refractivity contribution in [3.63, 3.8) is 0 Å². The van der Waals surface area contributed by atoms with Gasteiger partial charge in [0.05, 0.1) is 16.8 Å². The Morgan fingerprint density at radius 1 is 1.00 bits per heavy atom. The Morgan fingerprint density at radius 3 is 2.21 bits per heavy atom. The van der Waals surface area contributed by atoms with Crippen LogP contribution in [0.25, 0.3) is 16.6 Å². The molecule has 0 saturated carbocycles. The first kappa shape index (κ1) is 19.7. The summed E-state index contributed by atoms with van der Waals surface area (Å²) >= 11 is 0. The van der Waals surface area contributed by atoms with Crippen LogP contribution in [0, 0.1) is 0 Å². The normalized spacial score (nSPS) is 13.5. The number of aromatic nitrogens is 2. The van der Waals surface area contributed by atoms with E-state index in [9.17, 15) is 31.1 Å². The summed E-state index contributed by atoms with van der Waals surface area (Å²) in [7, 11) is 0. The number of para-hydroxylation sites is 1. The monoisotopic (exact) mass is 401 g/mol. The zero-order chi connectivity index (χ0) is 20.7. The number of nitrogens with one attached hydrogen (secondary N) is 1. The van der Waals surface area contributed by atoms with Gasteiger partial charge in [-0.05, 0) is 37.3 Å². The summed E-state index contributed by atoms with van der Waals surface area (Å²) in [6, 6.07) is 8.13. The Hall–Kier alpha value is -3.04. The predicted molar refractivity (Wildman–Crippen MR) is 91.5 cm³/mol. The Morgan fingerprint density at radius 2 is 1.64 bits per heavy atom. The first-order chi connectivity index (χ1) is 13.0. The molecule has 0 radical (unpaired) electrons. The average molecular weight is 401 g/mol. The number of benzene rings is 2. The van der Waals surface area contributed by atoms with Gasteiger partial charge in [0.15, 0.2) is 0 Å². The minimum atomic E-state index is -4.69. The number of halogens is 6. The Kier molecular flexibility index (Phi) is 4.82. The number of hydrogen-bond donors (Lipinski definition) is 1. The maximum absolute atomic E-state index is 13.2. The zero-order valence-corrected chi connectivity index (χ0v) is 14.3. The van der Waals surface area contributed by atoms with Gasteiger partial charge in [0.2, 0.25) is 0 Å². The van der Waals surface area contributed by atoms with Crippen LogP contribution in [0.4, 0.5) is 32.2 Å². The molecule has 148 valence electrons. The van der Waals surface area contributed by atoms with Gasteiger partial charge in [-0.1, -0.05) is 18.2 Å². The SMILES string of the molecule is C[C@H](Nc1nc(=O)n(-c2ccccc2)c2cc(C(F)(F)F)ccc12)C(F)(F)F. The van der Waals surface area contributed by atoms with Crippen molar-refractivity contribution >= 4 is 16.7 Å². The van der Waals surface area contributed by atoms with Gasteiger partial charge in [-0.3, -0.25) is 4.57 Å². The third kappa shape index (κ3) is 3.80. The van der Waals surface area contributed by atoms with E-state index in [4.69, 9.17) is 0 Å². The van der Waals surface area contributed by atoms with Gasteiger partial charge in [-0.25, -0.2) is 4.79 Å². The average Bonchev–Trinajstić information content (AvgIpc) is 2.60. The van der Waals surface area contributed by atoms with Crippen LogP contribution < -0.4 is 11.0 Å². The van der Waals surface area contributed by atoms with E-state index in [-0.39, 0.29) is 16.6 Å². The molecule has 4 nitrogen and oxygen atoms in total. The minimum Gasteiger partial charge on any atom is -0.358 e. The first-order valence-corrected chi connectivity index (χ1v) is 8.01. The first-order valence-electron chi connectivity index (χ1n) is 8.01. The highest BCUT2D eigenvalue weighted by Gasteiger charge is 2.37. The van der Waals surface area contributed by atoms with E-state index in [1.807, 2.05) is 0 Å². The van der Waals surface area contributed by atoms with Crippen LogP contribution in [0.15, 0.2) is 53.3 Å². The molecule has 0 aliphatic rings. The number of rotatable bonds is 3. The fraction of sp³-hybridized carbons (Fsp3) is 0.222. The molecule has 0 spiro atoms. The van der Waals surface area contributed by atoms with Gasteiger partial charge in [0, 0.05) is 5.39 Å². The van der Waals surface area contributed by atoms with Gasteiger partial charge >= 0.3 is 18.0 Å². The lowest BCUT2D eigenvalue weighted by molar-refractivity contribution is -0.138. The van der Waals surface area contributed by atoms with E-state index in [0.29, 0.717) is 0 Å². The Balaban J connectivity index is 2.30. The molecule has 3 rings (SSSR count). The second-order valence-corrected chi connectivity index (χ2v) is 6.05. The van der Waals surface area contributed by atoms with Gasteiger partial charge in [-0.2, -0.15) is 31.3 Å². The van der Waals surface area contributed by atoms with E-state index in [2.05, 4.69) is 10.3 Å². The van der Waals surface area contributed by atoms with E-state index < -0.39 is 35.5 Å². The van der Waals surface area contributed by atoms with E-state index in [0.717, 1.165) is 29.7 Å². The largest absolute Gasteiger partial charge is 0.416 e. The van der Waals surface area contributed by atoms with Gasteiger partial charge in [0.25, 0.3) is 0 Å². The Labute approximate surface area is 154 Å². The molecular weight excluding hydrogens is 388 g/mol. The van der Waals surface area contributed by atoms with Gasteiger partial charge in [-0.15, -0.1) is 0 Å². The minimum absolute atomic E-state index is 0.0486. The predicted octanol–water partition coefficient (Wildman–Crippen LogP) is 4.77. The molecule has 2 aromatic carbocycles. The third-order valence-electron chi connectivity index (χ3n) is 4.08. The summed E-state index contributed by atoms with van der Waals surface area (Å²) in [5, 5.41) is 2.02. The van der Waals surface area contributed by atoms with Crippen LogP contribution in [-0.4, -0.2) is 21.8 Å². The fourth-order valence-electron chi connectivity index (χ4n) is 2.63. The second kappa shape index (κ2) is 6.84. The summed E-state index contributed by atoms with van der Waals surface area (Å²) in [4.78, 5) is 16.1. The van der Waals surface area contributed by atoms with Crippen molar-refractivity contribution in [2.45, 2.75) is 25.3 Å². The lowest BCUT2D eigenvalue weighted by Crippen LogP contribution is -2.35. The molecule has 0 fully saturated rings. The quantitative estimate of drug-likeness (QED) is 0.644. The molecule has 1 aromatic heterocycles. The summed E-state index contributed by atoms with van der Waals surface area (Å²) in [5.74, 6) is -0.439. The van der Waals surface area contributed by atoms with Crippen LogP contribution in [0.3, 0.4) is 0 Å². The molecule has 0 aliphatic carbocycles. The molecule has 0 amide bonds. The fourth-order valence-corrected chi connectivity index (χ4v) is 2.63. The molecule has 0 aliphatic heterocycles. The van der Waals surface area contributed by atoms with Crippen molar-refractivity contribution in [2.24, 2.45) is 0 Å². The molecule has 0 bridgehead atoms. The van der Waals surface area contributed by atoms with Crippen LogP contribution in [-0.2, 0) is 6.18 Å². The van der Waals surface area contributed by atoms with E-state index in [1.165, 1.54) is 12.1 Å². The topological polar surface area (TPSA) is 46.9 Å². The van der Waals surface area contributed by atoms with Crippen molar-refractivity contribution in [2.75, 3.05) is 5.32 Å². The van der Waals surface area contributed by atoms with Crippen molar-refractivity contribution in [1.82, 2.24) is 9.55 Å². The zero-order valence-electron chi connectivity index (χ0n) is 14.3. The van der Waals surface area contributed by atoms with E-state index in [1.54, 1.807) is 18.2 Å². The third-order valence-corrected chi connectivity index (χ3v) is 4.08.